The third-order valence-electron chi connectivity index (χ3n) is 1.65. The summed E-state index contributed by atoms with van der Waals surface area (Å²) >= 11 is 0. The lowest BCUT2D eigenvalue weighted by molar-refractivity contribution is -0.145. The van der Waals surface area contributed by atoms with Crippen molar-refractivity contribution in [3.8, 4) is 0 Å². The van der Waals surface area contributed by atoms with Crippen molar-refractivity contribution in [2.75, 3.05) is 0 Å². The number of esters is 1. The van der Waals surface area contributed by atoms with E-state index >= 15 is 0 Å². The molecule has 0 saturated heterocycles. The van der Waals surface area contributed by atoms with Gasteiger partial charge in [-0.3, -0.25) is 4.79 Å². The van der Waals surface area contributed by atoms with Gasteiger partial charge in [0.2, 0.25) is 0 Å². The minimum absolute atomic E-state index is 0.0856. The second kappa shape index (κ2) is 5.18. The molecule has 1 unspecified atom stereocenters. The first-order valence-corrected chi connectivity index (χ1v) is 5.03. The van der Waals surface area contributed by atoms with Crippen LogP contribution in [-0.2, 0) is 9.53 Å². The van der Waals surface area contributed by atoms with Crippen LogP contribution < -0.4 is 0 Å². The fourth-order valence-corrected chi connectivity index (χ4v) is 1.32. The summed E-state index contributed by atoms with van der Waals surface area (Å²) in [6, 6.07) is 0. The molecule has 0 heterocycles. The topological polar surface area (TPSA) is 26.3 Å². The average Bonchev–Trinajstić information content (AvgIpc) is 1.77. The van der Waals surface area contributed by atoms with E-state index in [1.165, 1.54) is 12.5 Å². The molecule has 0 amide bonds. The molecule has 1 atom stereocenters. The van der Waals surface area contributed by atoms with Gasteiger partial charge in [-0.15, -0.1) is 0 Å². The number of allylic oxidation sites excluding steroid dienone is 1. The highest BCUT2D eigenvalue weighted by atomic mass is 16.5. The zero-order chi connectivity index (χ0) is 11.4. The predicted molar refractivity (Wildman–Crippen MR) is 59.1 cm³/mol. The minimum atomic E-state index is -0.211. The average molecular weight is 198 g/mol. The molecule has 0 aliphatic carbocycles. The summed E-state index contributed by atoms with van der Waals surface area (Å²) in [5, 5.41) is 0. The second-order valence-corrected chi connectivity index (χ2v) is 5.16. The molecule has 0 N–H and O–H groups in total. The van der Waals surface area contributed by atoms with Gasteiger partial charge in [-0.25, -0.2) is 0 Å². The van der Waals surface area contributed by atoms with Gasteiger partial charge in [0.15, 0.2) is 0 Å². The smallest absolute Gasteiger partial charge is 0.303 e. The van der Waals surface area contributed by atoms with Crippen LogP contribution in [0.3, 0.4) is 0 Å². The summed E-state index contributed by atoms with van der Waals surface area (Å²) in [6.45, 7) is 11.9. The predicted octanol–water partition coefficient (Wildman–Crippen LogP) is 3.32. The van der Waals surface area contributed by atoms with Crippen molar-refractivity contribution >= 4 is 5.97 Å². The maximum atomic E-state index is 10.9. The van der Waals surface area contributed by atoms with Crippen LogP contribution in [0.25, 0.3) is 0 Å². The zero-order valence-corrected chi connectivity index (χ0v) is 10.2. The Morgan fingerprint density at radius 3 is 2.07 bits per heavy atom. The first-order valence-electron chi connectivity index (χ1n) is 5.03. The Kier molecular flexibility index (Phi) is 4.89. The number of ether oxygens (including phenoxy) is 1. The first-order chi connectivity index (χ1) is 6.20. The number of carbonyl (C=O) groups excluding carboxylic acids is 1. The molecule has 2 heteroatoms. The van der Waals surface area contributed by atoms with E-state index < -0.39 is 0 Å². The summed E-state index contributed by atoms with van der Waals surface area (Å²) in [7, 11) is 0. The minimum Gasteiger partial charge on any atom is -0.458 e. The molecule has 0 saturated carbocycles. The van der Waals surface area contributed by atoms with E-state index in [0.29, 0.717) is 0 Å². The molecule has 14 heavy (non-hydrogen) atoms. The Labute approximate surface area is 87.3 Å². The summed E-state index contributed by atoms with van der Waals surface area (Å²) in [5.74, 6) is -0.211. The first kappa shape index (κ1) is 13.2. The molecular weight excluding hydrogens is 176 g/mol. The molecule has 0 aliphatic heterocycles. The summed E-state index contributed by atoms with van der Waals surface area (Å²) in [4.78, 5) is 10.9. The lowest BCUT2D eigenvalue weighted by Gasteiger charge is -2.23. The number of rotatable bonds is 3. The SMILES string of the molecule is CC(=O)OC(C=C(C)C)CC(C)(C)C. The summed E-state index contributed by atoms with van der Waals surface area (Å²) < 4.78 is 5.22. The van der Waals surface area contributed by atoms with Gasteiger partial charge in [-0.05, 0) is 31.8 Å². The van der Waals surface area contributed by atoms with Crippen LogP contribution in [0.4, 0.5) is 0 Å². The molecule has 0 aliphatic rings. The van der Waals surface area contributed by atoms with Gasteiger partial charge in [-0.1, -0.05) is 26.3 Å². The highest BCUT2D eigenvalue weighted by Crippen LogP contribution is 2.23. The summed E-state index contributed by atoms with van der Waals surface area (Å²) in [6.07, 6.45) is 2.78. The third-order valence-corrected chi connectivity index (χ3v) is 1.65. The fraction of sp³-hybridized carbons (Fsp3) is 0.750. The highest BCUT2D eigenvalue weighted by Gasteiger charge is 2.18. The van der Waals surface area contributed by atoms with Crippen LogP contribution in [0.5, 0.6) is 0 Å². The Hall–Kier alpha value is -0.790. The molecule has 2 nitrogen and oxygen atoms in total. The van der Waals surface area contributed by atoms with Gasteiger partial charge in [0.1, 0.15) is 6.10 Å². The lowest BCUT2D eigenvalue weighted by atomic mass is 9.88. The Morgan fingerprint density at radius 1 is 1.29 bits per heavy atom. The molecule has 0 aromatic heterocycles. The van der Waals surface area contributed by atoms with Crippen molar-refractivity contribution in [1.82, 2.24) is 0 Å². The van der Waals surface area contributed by atoms with Crippen LogP contribution in [0.2, 0.25) is 0 Å². The lowest BCUT2D eigenvalue weighted by Crippen LogP contribution is -2.21. The van der Waals surface area contributed by atoms with Gasteiger partial charge in [0, 0.05) is 6.92 Å². The molecule has 0 radical (unpaired) electrons. The maximum absolute atomic E-state index is 10.9. The Morgan fingerprint density at radius 2 is 1.79 bits per heavy atom. The van der Waals surface area contributed by atoms with Crippen LogP contribution >= 0.6 is 0 Å². The van der Waals surface area contributed by atoms with Crippen molar-refractivity contribution in [1.29, 1.82) is 0 Å². The van der Waals surface area contributed by atoms with E-state index in [2.05, 4.69) is 20.8 Å². The van der Waals surface area contributed by atoms with E-state index in [4.69, 9.17) is 4.74 Å². The van der Waals surface area contributed by atoms with E-state index in [9.17, 15) is 4.79 Å². The molecule has 0 fully saturated rings. The van der Waals surface area contributed by atoms with E-state index in [0.717, 1.165) is 6.42 Å². The van der Waals surface area contributed by atoms with Gasteiger partial charge in [-0.2, -0.15) is 0 Å². The van der Waals surface area contributed by atoms with Gasteiger partial charge >= 0.3 is 5.97 Å². The second-order valence-electron chi connectivity index (χ2n) is 5.16. The van der Waals surface area contributed by atoms with Crippen molar-refractivity contribution in [2.45, 2.75) is 54.1 Å². The quantitative estimate of drug-likeness (QED) is 0.513. The molecular formula is C12H22O2. The third kappa shape index (κ3) is 7.84. The van der Waals surface area contributed by atoms with Crippen molar-refractivity contribution in [3.05, 3.63) is 11.6 Å². The van der Waals surface area contributed by atoms with Crippen LogP contribution in [0, 0.1) is 5.41 Å². The number of hydrogen-bond donors (Lipinski definition) is 0. The molecule has 0 aromatic carbocycles. The van der Waals surface area contributed by atoms with E-state index in [1.807, 2.05) is 19.9 Å². The standard InChI is InChI=1S/C12H22O2/c1-9(2)7-11(14-10(3)13)8-12(4,5)6/h7,11H,8H2,1-6H3. The number of hydrogen-bond acceptors (Lipinski definition) is 2. The van der Waals surface area contributed by atoms with Crippen molar-refractivity contribution in [3.63, 3.8) is 0 Å². The highest BCUT2D eigenvalue weighted by molar-refractivity contribution is 5.66. The Balaban J connectivity index is 4.41. The Bertz CT molecular complexity index is 217. The molecule has 0 bridgehead atoms. The van der Waals surface area contributed by atoms with Crippen LogP contribution in [0.15, 0.2) is 11.6 Å². The summed E-state index contributed by atoms with van der Waals surface area (Å²) in [5.41, 5.74) is 1.35. The molecule has 0 aromatic rings. The largest absolute Gasteiger partial charge is 0.458 e. The van der Waals surface area contributed by atoms with E-state index in [-0.39, 0.29) is 17.5 Å². The van der Waals surface area contributed by atoms with Gasteiger partial charge in [0.05, 0.1) is 0 Å². The van der Waals surface area contributed by atoms with Gasteiger partial charge in [0.25, 0.3) is 0 Å². The molecule has 0 spiro atoms. The zero-order valence-electron chi connectivity index (χ0n) is 10.2. The normalized spacial score (nSPS) is 13.3. The number of carbonyl (C=O) groups is 1. The van der Waals surface area contributed by atoms with Crippen molar-refractivity contribution in [2.24, 2.45) is 5.41 Å². The molecule has 82 valence electrons. The molecule has 0 rings (SSSR count). The van der Waals surface area contributed by atoms with Crippen molar-refractivity contribution < 1.29 is 9.53 Å². The van der Waals surface area contributed by atoms with Gasteiger partial charge < -0.3 is 4.74 Å². The fourth-order valence-electron chi connectivity index (χ4n) is 1.32. The van der Waals surface area contributed by atoms with Crippen LogP contribution in [-0.4, -0.2) is 12.1 Å². The maximum Gasteiger partial charge on any atom is 0.303 e. The van der Waals surface area contributed by atoms with E-state index in [1.54, 1.807) is 0 Å². The van der Waals surface area contributed by atoms with Crippen LogP contribution in [0.1, 0.15) is 48.0 Å². The monoisotopic (exact) mass is 198 g/mol.